The fourth-order valence-corrected chi connectivity index (χ4v) is 2.06. The van der Waals surface area contributed by atoms with Crippen LogP contribution in [0.1, 0.15) is 21.5 Å². The first-order valence-electron chi connectivity index (χ1n) is 5.61. The summed E-state index contributed by atoms with van der Waals surface area (Å²) in [5, 5.41) is 0.697. The Morgan fingerprint density at radius 1 is 1.17 bits per heavy atom. The second-order valence-corrected chi connectivity index (χ2v) is 4.39. The molecule has 2 nitrogen and oxygen atoms in total. The summed E-state index contributed by atoms with van der Waals surface area (Å²) >= 11 is 5.95. The van der Waals surface area contributed by atoms with Crippen molar-refractivity contribution in [1.82, 2.24) is 0 Å². The van der Waals surface area contributed by atoms with Gasteiger partial charge in [0.15, 0.2) is 0 Å². The lowest BCUT2D eigenvalue weighted by molar-refractivity contribution is 0.0599. The predicted octanol–water partition coefficient (Wildman–Crippen LogP) is 3.72. The highest BCUT2D eigenvalue weighted by Crippen LogP contribution is 2.18. The topological polar surface area (TPSA) is 26.3 Å². The summed E-state index contributed by atoms with van der Waals surface area (Å²) in [7, 11) is 1.39. The van der Waals surface area contributed by atoms with E-state index in [1.54, 1.807) is 6.07 Å². The summed E-state index contributed by atoms with van der Waals surface area (Å²) in [5.74, 6) is -0.312. The van der Waals surface area contributed by atoms with E-state index >= 15 is 0 Å². The normalized spacial score (nSPS) is 10.1. The van der Waals surface area contributed by atoms with E-state index in [1.807, 2.05) is 42.5 Å². The van der Waals surface area contributed by atoms with Crippen molar-refractivity contribution in [3.8, 4) is 0 Å². The van der Waals surface area contributed by atoms with Gasteiger partial charge < -0.3 is 4.74 Å². The Balaban J connectivity index is 2.32. The van der Waals surface area contributed by atoms with E-state index in [2.05, 4.69) is 0 Å². The van der Waals surface area contributed by atoms with Crippen molar-refractivity contribution in [3.63, 3.8) is 0 Å². The highest BCUT2D eigenvalue weighted by molar-refractivity contribution is 6.30. The van der Waals surface area contributed by atoms with Crippen LogP contribution in [0.25, 0.3) is 0 Å². The van der Waals surface area contributed by atoms with Crippen LogP contribution in [0.5, 0.6) is 0 Å². The molecule has 0 aliphatic rings. The number of benzene rings is 2. The second kappa shape index (κ2) is 5.69. The molecule has 2 rings (SSSR count). The Morgan fingerprint density at radius 2 is 1.94 bits per heavy atom. The third-order valence-corrected chi connectivity index (χ3v) is 2.94. The summed E-state index contributed by atoms with van der Waals surface area (Å²) in [5.41, 5.74) is 2.60. The van der Waals surface area contributed by atoms with E-state index in [0.717, 1.165) is 11.1 Å². The standard InChI is InChI=1S/C15H13ClO2/c1-18-15(17)14-8-3-2-6-12(14)9-11-5-4-7-13(16)10-11/h2-8,10H,9H2,1H3. The van der Waals surface area contributed by atoms with Crippen LogP contribution < -0.4 is 0 Å². The molecular formula is C15H13ClO2. The SMILES string of the molecule is COC(=O)c1ccccc1Cc1cccc(Cl)c1. The molecule has 3 heteroatoms. The zero-order chi connectivity index (χ0) is 13.0. The molecule has 0 atom stereocenters. The number of hydrogen-bond donors (Lipinski definition) is 0. The Kier molecular flexibility index (Phi) is 4.00. The fourth-order valence-electron chi connectivity index (χ4n) is 1.85. The number of halogens is 1. The number of hydrogen-bond acceptors (Lipinski definition) is 2. The van der Waals surface area contributed by atoms with Gasteiger partial charge in [-0.3, -0.25) is 0 Å². The van der Waals surface area contributed by atoms with Crippen molar-refractivity contribution in [1.29, 1.82) is 0 Å². The molecule has 18 heavy (non-hydrogen) atoms. The predicted molar refractivity (Wildman–Crippen MR) is 72.0 cm³/mol. The first-order chi connectivity index (χ1) is 8.70. The van der Waals surface area contributed by atoms with Crippen molar-refractivity contribution >= 4 is 17.6 Å². The van der Waals surface area contributed by atoms with Crippen LogP contribution in [-0.4, -0.2) is 13.1 Å². The van der Waals surface area contributed by atoms with E-state index in [-0.39, 0.29) is 5.97 Å². The number of rotatable bonds is 3. The third-order valence-electron chi connectivity index (χ3n) is 2.71. The molecule has 0 unspecified atom stereocenters. The van der Waals surface area contributed by atoms with Gasteiger partial charge in [-0.05, 0) is 35.7 Å². The molecule has 0 aliphatic carbocycles. The van der Waals surface area contributed by atoms with Crippen molar-refractivity contribution in [2.45, 2.75) is 6.42 Å². The summed E-state index contributed by atoms with van der Waals surface area (Å²) in [6, 6.07) is 15.0. The van der Waals surface area contributed by atoms with Crippen molar-refractivity contribution in [2.24, 2.45) is 0 Å². The molecule has 0 heterocycles. The van der Waals surface area contributed by atoms with Gasteiger partial charge in [-0.25, -0.2) is 4.79 Å². The maximum atomic E-state index is 11.6. The Labute approximate surface area is 111 Å². The lowest BCUT2D eigenvalue weighted by atomic mass is 10.00. The maximum Gasteiger partial charge on any atom is 0.338 e. The average Bonchev–Trinajstić information content (AvgIpc) is 2.38. The van der Waals surface area contributed by atoms with Crippen molar-refractivity contribution in [2.75, 3.05) is 7.11 Å². The summed E-state index contributed by atoms with van der Waals surface area (Å²) in [6.45, 7) is 0. The van der Waals surface area contributed by atoms with E-state index in [9.17, 15) is 4.79 Å². The molecule has 0 aliphatic heterocycles. The van der Waals surface area contributed by atoms with Crippen molar-refractivity contribution < 1.29 is 9.53 Å². The van der Waals surface area contributed by atoms with Crippen LogP contribution in [0, 0.1) is 0 Å². The molecule has 2 aromatic rings. The average molecular weight is 261 g/mol. The molecule has 92 valence electrons. The van der Waals surface area contributed by atoms with Gasteiger partial charge in [-0.1, -0.05) is 41.9 Å². The number of carbonyl (C=O) groups is 1. The lowest BCUT2D eigenvalue weighted by Gasteiger charge is -2.08. The Morgan fingerprint density at radius 3 is 2.67 bits per heavy atom. The minimum atomic E-state index is -0.312. The minimum absolute atomic E-state index is 0.312. The molecule has 0 saturated carbocycles. The highest BCUT2D eigenvalue weighted by Gasteiger charge is 2.11. The van der Waals surface area contributed by atoms with Crippen LogP contribution in [0.3, 0.4) is 0 Å². The number of carbonyl (C=O) groups excluding carboxylic acids is 1. The highest BCUT2D eigenvalue weighted by atomic mass is 35.5. The largest absolute Gasteiger partial charge is 0.465 e. The number of esters is 1. The van der Waals surface area contributed by atoms with E-state index in [1.165, 1.54) is 7.11 Å². The Hall–Kier alpha value is -1.80. The van der Waals surface area contributed by atoms with Crippen LogP contribution in [0.4, 0.5) is 0 Å². The van der Waals surface area contributed by atoms with Gasteiger partial charge in [0.25, 0.3) is 0 Å². The number of ether oxygens (including phenoxy) is 1. The van der Waals surface area contributed by atoms with Crippen LogP contribution in [0.2, 0.25) is 5.02 Å². The molecule has 0 amide bonds. The van der Waals surface area contributed by atoms with Gasteiger partial charge in [0.05, 0.1) is 12.7 Å². The second-order valence-electron chi connectivity index (χ2n) is 3.96. The zero-order valence-corrected chi connectivity index (χ0v) is 10.8. The van der Waals surface area contributed by atoms with Gasteiger partial charge in [-0.2, -0.15) is 0 Å². The van der Waals surface area contributed by atoms with Gasteiger partial charge in [0.1, 0.15) is 0 Å². The number of methoxy groups -OCH3 is 1. The van der Waals surface area contributed by atoms with Crippen LogP contribution in [-0.2, 0) is 11.2 Å². The monoisotopic (exact) mass is 260 g/mol. The smallest absolute Gasteiger partial charge is 0.338 e. The van der Waals surface area contributed by atoms with E-state index in [4.69, 9.17) is 16.3 Å². The van der Waals surface area contributed by atoms with Gasteiger partial charge in [0.2, 0.25) is 0 Å². The molecule has 0 bridgehead atoms. The first-order valence-corrected chi connectivity index (χ1v) is 5.99. The van der Waals surface area contributed by atoms with E-state index < -0.39 is 0 Å². The van der Waals surface area contributed by atoms with Gasteiger partial charge >= 0.3 is 5.97 Å². The van der Waals surface area contributed by atoms with Gasteiger partial charge in [-0.15, -0.1) is 0 Å². The third kappa shape index (κ3) is 2.90. The quantitative estimate of drug-likeness (QED) is 0.787. The summed E-state index contributed by atoms with van der Waals surface area (Å²) in [6.07, 6.45) is 0.659. The summed E-state index contributed by atoms with van der Waals surface area (Å²) < 4.78 is 4.77. The molecule has 0 N–H and O–H groups in total. The molecule has 0 aromatic heterocycles. The molecule has 0 fully saturated rings. The maximum absolute atomic E-state index is 11.6. The van der Waals surface area contributed by atoms with E-state index in [0.29, 0.717) is 17.0 Å². The molecular weight excluding hydrogens is 248 g/mol. The van der Waals surface area contributed by atoms with Gasteiger partial charge in [0, 0.05) is 5.02 Å². The lowest BCUT2D eigenvalue weighted by Crippen LogP contribution is -2.05. The molecule has 0 saturated heterocycles. The molecule has 2 aromatic carbocycles. The molecule has 0 spiro atoms. The van der Waals surface area contributed by atoms with Crippen LogP contribution >= 0.6 is 11.6 Å². The first kappa shape index (κ1) is 12.7. The molecule has 0 radical (unpaired) electrons. The Bertz CT molecular complexity index is 564. The summed E-state index contributed by atoms with van der Waals surface area (Å²) in [4.78, 5) is 11.6. The van der Waals surface area contributed by atoms with Crippen molar-refractivity contribution in [3.05, 3.63) is 70.2 Å². The zero-order valence-electron chi connectivity index (χ0n) is 10.0. The minimum Gasteiger partial charge on any atom is -0.465 e. The van der Waals surface area contributed by atoms with Crippen LogP contribution in [0.15, 0.2) is 48.5 Å². The fraction of sp³-hybridized carbons (Fsp3) is 0.133.